The lowest BCUT2D eigenvalue weighted by atomic mass is 10.2. The lowest BCUT2D eigenvalue weighted by Crippen LogP contribution is -2.51. The van der Waals surface area contributed by atoms with Crippen molar-refractivity contribution in [2.75, 3.05) is 31.6 Å². The van der Waals surface area contributed by atoms with E-state index in [-0.39, 0.29) is 19.2 Å². The van der Waals surface area contributed by atoms with Gasteiger partial charge in [0.15, 0.2) is 6.10 Å². The molecule has 1 atom stereocenters. The highest BCUT2D eigenvalue weighted by molar-refractivity contribution is 6.32. The van der Waals surface area contributed by atoms with Gasteiger partial charge >= 0.3 is 6.03 Å². The zero-order chi connectivity index (χ0) is 16.8. The summed E-state index contributed by atoms with van der Waals surface area (Å²) in [6, 6.07) is 4.70. The van der Waals surface area contributed by atoms with E-state index in [2.05, 4.69) is 5.32 Å². The number of benzene rings is 1. The molecule has 0 aliphatic carbocycles. The molecule has 0 saturated carbocycles. The molecule has 1 aliphatic heterocycles. The number of hydrogen-bond acceptors (Lipinski definition) is 4. The van der Waals surface area contributed by atoms with Gasteiger partial charge in [0.1, 0.15) is 5.75 Å². The Morgan fingerprint density at radius 1 is 1.52 bits per heavy atom. The first-order valence-electron chi connectivity index (χ1n) is 7.40. The van der Waals surface area contributed by atoms with Gasteiger partial charge in [0.25, 0.3) is 0 Å². The Morgan fingerprint density at radius 3 is 2.96 bits per heavy atom. The third kappa shape index (κ3) is 4.74. The van der Waals surface area contributed by atoms with E-state index in [1.807, 2.05) is 6.92 Å². The second-order valence-electron chi connectivity index (χ2n) is 5.13. The van der Waals surface area contributed by atoms with Crippen LogP contribution in [-0.4, -0.2) is 49.2 Å². The average molecular weight is 342 g/mol. The van der Waals surface area contributed by atoms with Gasteiger partial charge in [-0.05, 0) is 24.6 Å². The number of carbonyl (C=O) groups excluding carboxylic acids is 2. The van der Waals surface area contributed by atoms with Gasteiger partial charge in [0.2, 0.25) is 5.91 Å². The fourth-order valence-electron chi connectivity index (χ4n) is 2.12. The largest absolute Gasteiger partial charge is 0.492 e. The normalized spacial score (nSPS) is 17.7. The first kappa shape index (κ1) is 17.4. The fraction of sp³-hybridized carbons (Fsp3) is 0.467. The molecule has 1 saturated heterocycles. The zero-order valence-electron chi connectivity index (χ0n) is 12.9. The number of nitrogens with one attached hydrogen (secondary N) is 1. The molecule has 23 heavy (non-hydrogen) atoms. The van der Waals surface area contributed by atoms with Crippen molar-refractivity contribution in [1.82, 2.24) is 4.90 Å². The second kappa shape index (κ2) is 8.03. The molecule has 1 aromatic carbocycles. The molecule has 3 N–H and O–H groups in total. The summed E-state index contributed by atoms with van der Waals surface area (Å²) >= 11 is 6.13. The van der Waals surface area contributed by atoms with Crippen molar-refractivity contribution in [3.63, 3.8) is 0 Å². The average Bonchev–Trinajstić information content (AvgIpc) is 2.54. The number of halogens is 1. The summed E-state index contributed by atoms with van der Waals surface area (Å²) in [5.74, 6) is -0.00495. The van der Waals surface area contributed by atoms with Crippen LogP contribution >= 0.6 is 11.6 Å². The molecule has 1 aliphatic rings. The van der Waals surface area contributed by atoms with Gasteiger partial charge < -0.3 is 25.4 Å². The molecular weight excluding hydrogens is 322 g/mol. The summed E-state index contributed by atoms with van der Waals surface area (Å²) in [6.45, 7) is 3.37. The van der Waals surface area contributed by atoms with Crippen molar-refractivity contribution in [3.8, 4) is 5.75 Å². The second-order valence-corrected chi connectivity index (χ2v) is 5.54. The van der Waals surface area contributed by atoms with Gasteiger partial charge in [-0.1, -0.05) is 18.5 Å². The summed E-state index contributed by atoms with van der Waals surface area (Å²) in [5, 5.41) is 3.16. The Hall–Kier alpha value is -1.99. The van der Waals surface area contributed by atoms with E-state index in [4.69, 9.17) is 26.8 Å². The minimum absolute atomic E-state index is 0.132. The monoisotopic (exact) mass is 341 g/mol. The lowest BCUT2D eigenvalue weighted by molar-refractivity contribution is -0.133. The van der Waals surface area contributed by atoms with Crippen LogP contribution in [0.2, 0.25) is 5.02 Å². The summed E-state index contributed by atoms with van der Waals surface area (Å²) in [7, 11) is 0. The van der Waals surface area contributed by atoms with E-state index < -0.39 is 12.0 Å². The van der Waals surface area contributed by atoms with Gasteiger partial charge in [-0.25, -0.2) is 4.79 Å². The van der Waals surface area contributed by atoms with Crippen molar-refractivity contribution in [1.29, 1.82) is 0 Å². The van der Waals surface area contributed by atoms with Crippen molar-refractivity contribution < 1.29 is 19.1 Å². The summed E-state index contributed by atoms with van der Waals surface area (Å²) in [5.41, 5.74) is 5.75. The third-order valence-electron chi connectivity index (χ3n) is 3.32. The number of anilines is 1. The number of rotatable bonds is 5. The van der Waals surface area contributed by atoms with Crippen LogP contribution in [0, 0.1) is 0 Å². The molecule has 0 spiro atoms. The van der Waals surface area contributed by atoms with Crippen molar-refractivity contribution in [2.45, 2.75) is 19.4 Å². The molecular formula is C15H20ClN3O4. The Morgan fingerprint density at radius 2 is 2.30 bits per heavy atom. The molecule has 0 radical (unpaired) electrons. The highest BCUT2D eigenvalue weighted by atomic mass is 35.5. The molecule has 2 rings (SSSR count). The number of morpholine rings is 1. The minimum Gasteiger partial charge on any atom is -0.492 e. The first-order valence-corrected chi connectivity index (χ1v) is 7.78. The Bertz CT molecular complexity index is 582. The van der Waals surface area contributed by atoms with E-state index in [1.54, 1.807) is 18.2 Å². The Kier molecular flexibility index (Phi) is 6.06. The van der Waals surface area contributed by atoms with E-state index >= 15 is 0 Å². The maximum Gasteiger partial charge on any atom is 0.322 e. The molecule has 1 aromatic rings. The van der Waals surface area contributed by atoms with Gasteiger partial charge in [-0.2, -0.15) is 0 Å². The SMILES string of the molecule is CCCOc1ccc(NC(=O)N2CCOC(C(N)=O)C2)cc1Cl. The zero-order valence-corrected chi connectivity index (χ0v) is 13.6. The van der Waals surface area contributed by atoms with Crippen molar-refractivity contribution in [2.24, 2.45) is 5.73 Å². The molecule has 1 heterocycles. The van der Waals surface area contributed by atoms with Gasteiger partial charge in [0, 0.05) is 12.2 Å². The number of primary amides is 1. The standard InChI is InChI=1S/C15H20ClN3O4/c1-2-6-22-12-4-3-10(8-11(12)16)18-15(21)19-5-7-23-13(9-19)14(17)20/h3-4,8,13H,2,5-7,9H2,1H3,(H2,17,20)(H,18,21). The highest BCUT2D eigenvalue weighted by Gasteiger charge is 2.27. The fourth-order valence-corrected chi connectivity index (χ4v) is 2.35. The Balaban J connectivity index is 1.97. The first-order chi connectivity index (χ1) is 11.0. The number of urea groups is 1. The predicted octanol–water partition coefficient (Wildman–Crippen LogP) is 1.85. The topological polar surface area (TPSA) is 93.9 Å². The molecule has 0 aromatic heterocycles. The van der Waals surface area contributed by atoms with E-state index in [1.165, 1.54) is 4.90 Å². The van der Waals surface area contributed by atoms with Crippen LogP contribution in [0.5, 0.6) is 5.75 Å². The van der Waals surface area contributed by atoms with Crippen LogP contribution in [0.1, 0.15) is 13.3 Å². The van der Waals surface area contributed by atoms with Gasteiger partial charge in [-0.15, -0.1) is 0 Å². The molecule has 0 bridgehead atoms. The number of ether oxygens (including phenoxy) is 2. The quantitative estimate of drug-likeness (QED) is 0.854. The van der Waals surface area contributed by atoms with Crippen LogP contribution in [0.4, 0.5) is 10.5 Å². The van der Waals surface area contributed by atoms with Gasteiger partial charge in [-0.3, -0.25) is 4.79 Å². The predicted molar refractivity (Wildman–Crippen MR) is 86.8 cm³/mol. The molecule has 1 unspecified atom stereocenters. The lowest BCUT2D eigenvalue weighted by Gasteiger charge is -2.31. The summed E-state index contributed by atoms with van der Waals surface area (Å²) in [6.07, 6.45) is 0.107. The third-order valence-corrected chi connectivity index (χ3v) is 3.61. The van der Waals surface area contributed by atoms with Crippen molar-refractivity contribution >= 4 is 29.2 Å². The number of nitrogens with zero attached hydrogens (tertiary/aromatic N) is 1. The number of nitrogens with two attached hydrogens (primary N) is 1. The molecule has 126 valence electrons. The van der Waals surface area contributed by atoms with E-state index in [0.29, 0.717) is 29.6 Å². The molecule has 8 heteroatoms. The number of amides is 3. The molecule has 3 amide bonds. The molecule has 7 nitrogen and oxygen atoms in total. The summed E-state index contributed by atoms with van der Waals surface area (Å²) in [4.78, 5) is 24.9. The summed E-state index contributed by atoms with van der Waals surface area (Å²) < 4.78 is 10.7. The maximum absolute atomic E-state index is 12.2. The van der Waals surface area contributed by atoms with Crippen LogP contribution < -0.4 is 15.8 Å². The minimum atomic E-state index is -0.775. The van der Waals surface area contributed by atoms with E-state index in [0.717, 1.165) is 6.42 Å². The van der Waals surface area contributed by atoms with Crippen LogP contribution in [0.15, 0.2) is 18.2 Å². The number of carbonyl (C=O) groups is 2. The van der Waals surface area contributed by atoms with Crippen LogP contribution in [0.25, 0.3) is 0 Å². The van der Waals surface area contributed by atoms with Gasteiger partial charge in [0.05, 0.1) is 24.8 Å². The van der Waals surface area contributed by atoms with Crippen LogP contribution in [-0.2, 0) is 9.53 Å². The highest BCUT2D eigenvalue weighted by Crippen LogP contribution is 2.28. The van der Waals surface area contributed by atoms with Crippen molar-refractivity contribution in [3.05, 3.63) is 23.2 Å². The number of hydrogen-bond donors (Lipinski definition) is 2. The Labute approximate surface area is 139 Å². The smallest absolute Gasteiger partial charge is 0.322 e. The van der Waals surface area contributed by atoms with E-state index in [9.17, 15) is 9.59 Å². The van der Waals surface area contributed by atoms with Crippen LogP contribution in [0.3, 0.4) is 0 Å². The molecule has 1 fully saturated rings. The maximum atomic E-state index is 12.2.